The Hall–Kier alpha value is -3.72. The predicted octanol–water partition coefficient (Wildman–Crippen LogP) is 20.8. The van der Waals surface area contributed by atoms with Crippen molar-refractivity contribution in [2.75, 3.05) is 181 Å². The van der Waals surface area contributed by atoms with Gasteiger partial charge in [-0.3, -0.25) is 39.3 Å². The van der Waals surface area contributed by atoms with Gasteiger partial charge in [-0.15, -0.1) is 22.7 Å². The number of ether oxygens (including phenoxy) is 14. The SMILES string of the molecule is C1=CCC(C2CC=CC=N2)N=C1.O=C(C=C(O)C(F)(F)F)c1cccs1.O=C(C=C(O)C(F)(F)F)c1cccs1.[Eu+2].[Eu+2].[Eu+3].[Eu].[Eu].c1ccc(CN2CCOCCOCCN(Cc3ccccc3)CCOCCOCC2)cc1.c1ccc2c(c1)OCCOCCOc1ccccc1OCCOCCO2.c1ccc2c(c1)OCCSCCOc1ccccc1OCCSCCO2.c1cnc2c(c1)ccc1cccnc12. The molecule has 143 heavy (non-hydrogen) atoms. The number of ketones is 2. The van der Waals surface area contributed by atoms with Crippen LogP contribution in [-0.2, 0) is 41.5 Å². The summed E-state index contributed by atoms with van der Waals surface area (Å²) in [4.78, 5) is 44.6. The number of fused-ring (bicyclic) bond motifs is 7. The molecular formula is C104H116Eu5F6N6O18S4+7. The molecule has 1 fully saturated rings. The zero-order valence-corrected chi connectivity index (χ0v) is 93.8. The van der Waals surface area contributed by atoms with Crippen molar-refractivity contribution in [3.8, 4) is 46.0 Å². The monoisotopic (exact) mass is 2740 g/mol. The molecule has 39 heteroatoms. The number of hydrogen-bond acceptors (Lipinski definition) is 28. The van der Waals surface area contributed by atoms with E-state index in [-0.39, 0.29) is 269 Å². The number of rotatable bonds is 9. The number of para-hydroxylation sites is 8. The minimum absolute atomic E-state index is 0. The molecule has 0 amide bonds. The first-order valence-electron chi connectivity index (χ1n) is 45.1. The molecule has 764 valence electrons. The molecule has 16 rings (SSSR count). The first kappa shape index (κ1) is 130. The van der Waals surface area contributed by atoms with Crippen molar-refractivity contribution in [3.05, 3.63) is 310 Å². The molecule has 1 saturated heterocycles. The van der Waals surface area contributed by atoms with E-state index in [9.17, 15) is 35.9 Å². The van der Waals surface area contributed by atoms with Crippen LogP contribution < -0.4 is 37.9 Å². The molecule has 4 radical (unpaired) electrons. The number of aliphatic hydroxyl groups excluding tert-OH is 2. The first-order valence-corrected chi connectivity index (χ1v) is 49.2. The molecule has 4 aromatic heterocycles. The van der Waals surface area contributed by atoms with Crippen LogP contribution in [0.25, 0.3) is 21.8 Å². The van der Waals surface area contributed by atoms with Gasteiger partial charge in [0.1, 0.15) is 26.4 Å². The Morgan fingerprint density at radius 3 is 0.888 bits per heavy atom. The summed E-state index contributed by atoms with van der Waals surface area (Å²) in [6.07, 6.45) is 8.35. The van der Waals surface area contributed by atoms with Gasteiger partial charge in [-0.1, -0.05) is 158 Å². The fourth-order valence-electron chi connectivity index (χ4n) is 13.1. The van der Waals surface area contributed by atoms with Gasteiger partial charge in [0.2, 0.25) is 11.5 Å². The number of halogens is 6. The molecule has 0 bridgehead atoms. The van der Waals surface area contributed by atoms with Gasteiger partial charge in [-0.2, -0.15) is 49.9 Å². The molecule has 2 atom stereocenters. The van der Waals surface area contributed by atoms with Gasteiger partial charge in [0.25, 0.3) is 0 Å². The Morgan fingerprint density at radius 1 is 0.350 bits per heavy atom. The van der Waals surface area contributed by atoms with Gasteiger partial charge in [0.05, 0.1) is 139 Å². The van der Waals surface area contributed by atoms with E-state index in [4.69, 9.17) is 76.5 Å². The van der Waals surface area contributed by atoms with E-state index in [1.165, 1.54) is 35.4 Å². The zero-order chi connectivity index (χ0) is 97.0. The number of hydrogen-bond donors (Lipinski definition) is 2. The smallest absolute Gasteiger partial charge is 0.504 e. The van der Waals surface area contributed by atoms with Crippen LogP contribution in [0.15, 0.2) is 300 Å². The molecule has 0 spiro atoms. The second-order valence-electron chi connectivity index (χ2n) is 30.0. The molecule has 7 aromatic carbocycles. The number of aliphatic imine (C=N–C) groups is 2. The number of thiophene rings is 2. The maximum atomic E-state index is 11.8. The van der Waals surface area contributed by atoms with Crippen molar-refractivity contribution in [2.24, 2.45) is 9.98 Å². The predicted molar refractivity (Wildman–Crippen MR) is 533 cm³/mol. The first-order chi connectivity index (χ1) is 67.5. The van der Waals surface area contributed by atoms with Crippen LogP contribution in [0.5, 0.6) is 46.0 Å². The summed E-state index contributed by atoms with van der Waals surface area (Å²) in [5.41, 5.74) is 4.57. The molecular weight excluding hydrogens is 2620 g/mol. The average molecular weight is 2740 g/mol. The minimum atomic E-state index is -4.87. The number of aromatic nitrogens is 2. The van der Waals surface area contributed by atoms with Crippen LogP contribution in [0.1, 0.15) is 43.3 Å². The number of nitrogens with zero attached hydrogens (tertiary/aromatic N) is 6. The standard InChI is InChI=1S/C26H38N2O4.C20H24O6.C20H24O4S2.C12H8N2.C10H12N2.2C8H5F3O2S.5Eu/c1-3-7-25(8-4-1)23-27-11-15-29-19-21-31-17-13-28(24-26-9-5-2-6-10-26)14-18-32-22-20-30-16-12-27;1-2-6-18-17(5-1)23-13-9-21-11-15-25-19-7-3-4-8-20(19)26-16-12-22-10-14-24-18;1-2-6-18-17(5-1)21-9-13-25-15-11-23-19-7-3-4-8-20(19)24-12-16-26-14-10-22-18;1-3-9-5-6-10-4-2-8-14-12(10)11(9)13-7-1;1-3-7-11-9(5-1)10-6-2-4-8-12-10;2*9-8(10,11)7(13)4-5(12)6-2-1-3-14-6;;;;;/h1-10H,11-24H2;2*1-8H,9-16H2;1-8H;1-4,7-10H,5-6H2;2*1-4,13H;;;;;/q;;;;;;;;;2*+2;+3. The summed E-state index contributed by atoms with van der Waals surface area (Å²) in [6, 6.07) is 70.7. The Morgan fingerprint density at radius 2 is 0.622 bits per heavy atom. The van der Waals surface area contributed by atoms with E-state index in [0.717, 1.165) is 143 Å². The second-order valence-corrected chi connectivity index (χ2v) is 34.4. The van der Waals surface area contributed by atoms with Crippen LogP contribution in [0, 0.1) is 247 Å². The van der Waals surface area contributed by atoms with Crippen molar-refractivity contribution >= 4 is 92.0 Å². The number of allylic oxidation sites excluding steroid dienone is 6. The van der Waals surface area contributed by atoms with E-state index in [2.05, 4.69) is 127 Å². The topological polar surface area (TPSA) is 261 Å². The van der Waals surface area contributed by atoms with Gasteiger partial charge in [-0.25, -0.2) is 0 Å². The number of benzene rings is 7. The van der Waals surface area contributed by atoms with Crippen LogP contribution in [0.2, 0.25) is 0 Å². The number of carbonyl (C=O) groups excluding carboxylic acids is 2. The van der Waals surface area contributed by atoms with E-state index >= 15 is 0 Å². The number of alkyl halides is 6. The van der Waals surface area contributed by atoms with Crippen LogP contribution in [-0.4, -0.2) is 260 Å². The van der Waals surface area contributed by atoms with Crippen LogP contribution in [0.4, 0.5) is 26.3 Å². The van der Waals surface area contributed by atoms with Gasteiger partial charge >= 0.3 is 160 Å². The average Bonchev–Trinajstić information content (AvgIpc) is 0.832. The molecule has 0 saturated carbocycles. The maximum absolute atomic E-state index is 11.8. The Bertz CT molecular complexity index is 4920. The summed E-state index contributed by atoms with van der Waals surface area (Å²) in [7, 11) is 0. The normalized spacial score (nSPS) is 16.9. The van der Waals surface area contributed by atoms with E-state index in [1.807, 2.05) is 157 Å². The fourth-order valence-corrected chi connectivity index (χ4v) is 15.6. The molecule has 5 aliphatic heterocycles. The van der Waals surface area contributed by atoms with Crippen molar-refractivity contribution in [3.63, 3.8) is 0 Å². The van der Waals surface area contributed by atoms with Crippen LogP contribution in [0.3, 0.4) is 0 Å². The molecule has 9 heterocycles. The van der Waals surface area contributed by atoms with Gasteiger partial charge < -0.3 is 76.5 Å². The maximum Gasteiger partial charge on any atom is 3.00 e. The summed E-state index contributed by atoms with van der Waals surface area (Å²) in [5, 5.41) is 22.3. The molecule has 2 N–H and O–H groups in total. The molecule has 24 nitrogen and oxygen atoms in total. The third-order valence-corrected chi connectivity index (χ3v) is 23.5. The summed E-state index contributed by atoms with van der Waals surface area (Å²) >= 11 is 5.64. The Labute approximate surface area is 1050 Å². The summed E-state index contributed by atoms with van der Waals surface area (Å²) < 4.78 is 152. The van der Waals surface area contributed by atoms with E-state index < -0.39 is 35.4 Å². The van der Waals surface area contributed by atoms with Crippen molar-refractivity contribution in [1.29, 1.82) is 0 Å². The van der Waals surface area contributed by atoms with Gasteiger partial charge in [0.15, 0.2) is 57.6 Å². The number of thioether (sulfide) groups is 2. The third kappa shape index (κ3) is 53.4. The molecule has 0 aliphatic carbocycles. The van der Waals surface area contributed by atoms with Gasteiger partial charge in [0, 0.05) is 209 Å². The molecule has 11 aromatic rings. The van der Waals surface area contributed by atoms with Crippen LogP contribution >= 0.6 is 46.2 Å². The molecule has 5 aliphatic rings. The number of pyridine rings is 2. The summed E-state index contributed by atoms with van der Waals surface area (Å²) in [6.45, 7) is 16.8. The summed E-state index contributed by atoms with van der Waals surface area (Å²) in [5.74, 6) is 4.22. The number of dihydropyridines is 2. The number of aliphatic hydroxyl groups is 2. The van der Waals surface area contributed by atoms with E-state index in [0.29, 0.717) is 167 Å². The van der Waals surface area contributed by atoms with Crippen molar-refractivity contribution in [1.82, 2.24) is 19.8 Å². The Kier molecular flexibility index (Phi) is 71.2. The largest absolute Gasteiger partial charge is 3.00 e. The van der Waals surface area contributed by atoms with Crippen molar-refractivity contribution < 1.29 is 359 Å². The van der Waals surface area contributed by atoms with Gasteiger partial charge in [-0.05, 0) is 120 Å². The fraction of sp³-hybridized carbons (Fsp3) is 0.346. The second kappa shape index (κ2) is 78.4. The van der Waals surface area contributed by atoms with E-state index in [1.54, 1.807) is 23.2 Å². The zero-order valence-electron chi connectivity index (χ0n) is 78.4. The quantitative estimate of drug-likeness (QED) is 0.0447. The third-order valence-electron chi connectivity index (χ3n) is 19.9. The number of carbonyl (C=O) groups is 2. The Balaban J connectivity index is 0.000000300. The van der Waals surface area contributed by atoms with Crippen molar-refractivity contribution in [2.45, 2.75) is 50.4 Å². The minimum Gasteiger partial charge on any atom is -0.504 e. The molecule has 2 unspecified atom stereocenters.